The lowest BCUT2D eigenvalue weighted by Crippen LogP contribution is -2.37. The molecule has 1 heterocycles. The van der Waals surface area contributed by atoms with E-state index in [1.165, 1.54) is 23.2 Å². The molecule has 8 nitrogen and oxygen atoms in total. The average molecular weight is 350 g/mol. The number of imide groups is 1. The SMILES string of the molecule is CCC(C)N1C(=O)N(c2cccc([N+](=O)[O-])c2F)C(=O)C1=CN(C)C. The summed E-state index contributed by atoms with van der Waals surface area (Å²) in [5.74, 6) is -1.94. The van der Waals surface area contributed by atoms with Crippen molar-refractivity contribution in [1.82, 2.24) is 9.80 Å². The van der Waals surface area contributed by atoms with Crippen LogP contribution in [-0.4, -0.2) is 46.8 Å². The fourth-order valence-corrected chi connectivity index (χ4v) is 2.52. The molecule has 0 radical (unpaired) electrons. The summed E-state index contributed by atoms with van der Waals surface area (Å²) in [4.78, 5) is 39.1. The molecule has 1 atom stereocenters. The summed E-state index contributed by atoms with van der Waals surface area (Å²) >= 11 is 0. The minimum absolute atomic E-state index is 0.0928. The Bertz CT molecular complexity index is 763. The van der Waals surface area contributed by atoms with Crippen molar-refractivity contribution in [3.63, 3.8) is 0 Å². The largest absolute Gasteiger partial charge is 0.382 e. The number of anilines is 1. The minimum Gasteiger partial charge on any atom is -0.382 e. The zero-order valence-corrected chi connectivity index (χ0v) is 14.4. The Hall–Kier alpha value is -2.97. The first-order valence-electron chi connectivity index (χ1n) is 7.69. The highest BCUT2D eigenvalue weighted by molar-refractivity contribution is 6.27. The van der Waals surface area contributed by atoms with E-state index in [1.807, 2.05) is 6.92 Å². The monoisotopic (exact) mass is 350 g/mol. The second-order valence-corrected chi connectivity index (χ2v) is 5.90. The van der Waals surface area contributed by atoms with Crippen molar-refractivity contribution in [2.24, 2.45) is 0 Å². The van der Waals surface area contributed by atoms with Crippen LogP contribution in [-0.2, 0) is 4.79 Å². The van der Waals surface area contributed by atoms with Gasteiger partial charge in [-0.05, 0) is 19.4 Å². The molecule has 9 heteroatoms. The number of halogens is 1. The molecule has 0 spiro atoms. The molecule has 0 aromatic heterocycles. The molecule has 1 aromatic carbocycles. The molecule has 25 heavy (non-hydrogen) atoms. The summed E-state index contributed by atoms with van der Waals surface area (Å²) in [6.07, 6.45) is 2.05. The quantitative estimate of drug-likeness (QED) is 0.353. The van der Waals surface area contributed by atoms with Crippen LogP contribution in [0.2, 0.25) is 0 Å². The third-order valence-corrected chi connectivity index (χ3v) is 3.89. The van der Waals surface area contributed by atoms with Crippen LogP contribution < -0.4 is 4.90 Å². The van der Waals surface area contributed by atoms with E-state index in [1.54, 1.807) is 25.9 Å². The second kappa shape index (κ2) is 6.88. The summed E-state index contributed by atoms with van der Waals surface area (Å²) in [6, 6.07) is 2.36. The highest BCUT2D eigenvalue weighted by Crippen LogP contribution is 2.34. The number of nitro groups is 1. The molecule has 1 aliphatic heterocycles. The van der Waals surface area contributed by atoms with Crippen LogP contribution >= 0.6 is 0 Å². The lowest BCUT2D eigenvalue weighted by atomic mass is 10.2. The molecule has 1 aromatic rings. The number of hydrogen-bond acceptors (Lipinski definition) is 5. The number of nitro benzene ring substituents is 1. The van der Waals surface area contributed by atoms with Crippen LogP contribution in [0.3, 0.4) is 0 Å². The van der Waals surface area contributed by atoms with E-state index < -0.39 is 34.1 Å². The number of benzene rings is 1. The molecule has 2 rings (SSSR count). The zero-order chi connectivity index (χ0) is 18.9. The van der Waals surface area contributed by atoms with E-state index >= 15 is 0 Å². The minimum atomic E-state index is -1.22. The number of rotatable bonds is 5. The van der Waals surface area contributed by atoms with Gasteiger partial charge in [0.25, 0.3) is 5.91 Å². The van der Waals surface area contributed by atoms with Gasteiger partial charge >= 0.3 is 11.7 Å². The topological polar surface area (TPSA) is 87.0 Å². The number of hydrogen-bond donors (Lipinski definition) is 0. The van der Waals surface area contributed by atoms with Crippen molar-refractivity contribution < 1.29 is 18.9 Å². The highest BCUT2D eigenvalue weighted by Gasteiger charge is 2.45. The van der Waals surface area contributed by atoms with Gasteiger partial charge in [-0.2, -0.15) is 4.39 Å². The second-order valence-electron chi connectivity index (χ2n) is 5.90. The maximum atomic E-state index is 14.5. The van der Waals surface area contributed by atoms with Gasteiger partial charge in [-0.1, -0.05) is 13.0 Å². The summed E-state index contributed by atoms with van der Waals surface area (Å²) in [5.41, 5.74) is -1.13. The molecule has 3 amide bonds. The third-order valence-electron chi connectivity index (χ3n) is 3.89. The van der Waals surface area contributed by atoms with Crippen molar-refractivity contribution in [2.75, 3.05) is 19.0 Å². The Morgan fingerprint density at radius 2 is 2.00 bits per heavy atom. The molecule has 0 bridgehead atoms. The summed E-state index contributed by atoms with van der Waals surface area (Å²) in [7, 11) is 3.38. The van der Waals surface area contributed by atoms with Crippen LogP contribution in [0.4, 0.5) is 20.6 Å². The fourth-order valence-electron chi connectivity index (χ4n) is 2.52. The first kappa shape index (κ1) is 18.4. The van der Waals surface area contributed by atoms with Crippen molar-refractivity contribution in [3.05, 3.63) is 46.0 Å². The van der Waals surface area contributed by atoms with Gasteiger partial charge < -0.3 is 4.90 Å². The first-order chi connectivity index (χ1) is 11.7. The van der Waals surface area contributed by atoms with E-state index in [9.17, 15) is 24.1 Å². The molecule has 0 saturated carbocycles. The maximum absolute atomic E-state index is 14.5. The van der Waals surface area contributed by atoms with Crippen molar-refractivity contribution in [3.8, 4) is 0 Å². The molecule has 134 valence electrons. The van der Waals surface area contributed by atoms with Gasteiger partial charge in [-0.15, -0.1) is 0 Å². The molecule has 1 fully saturated rings. The van der Waals surface area contributed by atoms with Crippen molar-refractivity contribution >= 4 is 23.3 Å². The Balaban J connectivity index is 2.60. The van der Waals surface area contributed by atoms with Crippen LogP contribution in [0.5, 0.6) is 0 Å². The van der Waals surface area contributed by atoms with Gasteiger partial charge in [-0.3, -0.25) is 19.8 Å². The number of urea groups is 1. The predicted octanol–water partition coefficient (Wildman–Crippen LogP) is 2.70. The van der Waals surface area contributed by atoms with E-state index in [0.717, 1.165) is 6.07 Å². The van der Waals surface area contributed by atoms with Crippen LogP contribution in [0.15, 0.2) is 30.1 Å². The number of carbonyl (C=O) groups excluding carboxylic acids is 2. The Kier molecular flexibility index (Phi) is 5.05. The van der Waals surface area contributed by atoms with Crippen LogP contribution in [0, 0.1) is 15.9 Å². The fraction of sp³-hybridized carbons (Fsp3) is 0.375. The molecular weight excluding hydrogens is 331 g/mol. The predicted molar refractivity (Wildman–Crippen MR) is 89.3 cm³/mol. The summed E-state index contributed by atoms with van der Waals surface area (Å²) < 4.78 is 14.5. The van der Waals surface area contributed by atoms with E-state index in [0.29, 0.717) is 11.3 Å². The zero-order valence-electron chi connectivity index (χ0n) is 14.4. The van der Waals surface area contributed by atoms with E-state index in [2.05, 4.69) is 0 Å². The lowest BCUT2D eigenvalue weighted by molar-refractivity contribution is -0.387. The molecule has 0 N–H and O–H groups in total. The summed E-state index contributed by atoms with van der Waals surface area (Å²) in [6.45, 7) is 3.62. The molecule has 1 aliphatic rings. The normalized spacial score (nSPS) is 17.4. The number of nitrogens with zero attached hydrogens (tertiary/aromatic N) is 4. The third kappa shape index (κ3) is 3.17. The standard InChI is InChI=1S/C16H19FN4O4/c1-5-10(2)19-13(9-18(3)4)15(22)20(16(19)23)11-7-6-8-12(14(11)17)21(24)25/h6-10H,5H2,1-4H3. The Morgan fingerprint density at radius 1 is 1.36 bits per heavy atom. The smallest absolute Gasteiger partial charge is 0.336 e. The number of carbonyl (C=O) groups is 2. The van der Waals surface area contributed by atoms with Gasteiger partial charge in [0.15, 0.2) is 0 Å². The van der Waals surface area contributed by atoms with E-state index in [4.69, 9.17) is 0 Å². The van der Waals surface area contributed by atoms with Crippen LogP contribution in [0.25, 0.3) is 0 Å². The molecule has 1 unspecified atom stereocenters. The van der Waals surface area contributed by atoms with Gasteiger partial charge in [-0.25, -0.2) is 9.69 Å². The Morgan fingerprint density at radius 3 is 2.52 bits per heavy atom. The Labute approximate surface area is 144 Å². The molecular formula is C16H19FN4O4. The van der Waals surface area contributed by atoms with Gasteiger partial charge in [0.05, 0.1) is 10.6 Å². The van der Waals surface area contributed by atoms with Crippen molar-refractivity contribution in [1.29, 1.82) is 0 Å². The maximum Gasteiger partial charge on any atom is 0.336 e. The molecule has 0 aliphatic carbocycles. The lowest BCUT2D eigenvalue weighted by Gasteiger charge is -2.24. The highest BCUT2D eigenvalue weighted by atomic mass is 19.1. The van der Waals surface area contributed by atoms with Crippen LogP contribution in [0.1, 0.15) is 20.3 Å². The van der Waals surface area contributed by atoms with Crippen molar-refractivity contribution in [2.45, 2.75) is 26.3 Å². The average Bonchev–Trinajstić information content (AvgIpc) is 2.77. The van der Waals surface area contributed by atoms with Gasteiger partial charge in [0.2, 0.25) is 5.82 Å². The molecule has 1 saturated heterocycles. The first-order valence-corrected chi connectivity index (χ1v) is 7.69. The van der Waals surface area contributed by atoms with Gasteiger partial charge in [0, 0.05) is 32.4 Å². The number of amides is 3. The summed E-state index contributed by atoms with van der Waals surface area (Å²) in [5, 5.41) is 10.9. The van der Waals surface area contributed by atoms with E-state index in [-0.39, 0.29) is 11.7 Å². The van der Waals surface area contributed by atoms with Gasteiger partial charge in [0.1, 0.15) is 5.70 Å².